The van der Waals surface area contributed by atoms with E-state index in [2.05, 4.69) is 21.3 Å². The second-order valence-corrected chi connectivity index (χ2v) is 6.00. The first-order valence-electron chi connectivity index (χ1n) is 7.43. The van der Waals surface area contributed by atoms with Gasteiger partial charge in [0.15, 0.2) is 0 Å². The lowest BCUT2D eigenvalue weighted by molar-refractivity contribution is 0.211. The summed E-state index contributed by atoms with van der Waals surface area (Å²) in [7, 11) is 0. The molecule has 0 unspecified atom stereocenters. The van der Waals surface area contributed by atoms with Crippen molar-refractivity contribution in [3.05, 3.63) is 59.4 Å². The minimum Gasteiger partial charge on any atom is -0.382 e. The molecule has 1 aromatic heterocycles. The molecule has 0 amide bonds. The van der Waals surface area contributed by atoms with E-state index in [1.807, 2.05) is 42.7 Å². The summed E-state index contributed by atoms with van der Waals surface area (Å²) in [5.41, 5.74) is 2.45. The van der Waals surface area contributed by atoms with Crippen LogP contribution in [0.5, 0.6) is 0 Å². The molecule has 0 bridgehead atoms. The number of hydrogen-bond donors (Lipinski definition) is 1. The van der Waals surface area contributed by atoms with Gasteiger partial charge in [0.1, 0.15) is 0 Å². The van der Waals surface area contributed by atoms with Gasteiger partial charge in [0.2, 0.25) is 0 Å². The molecule has 0 aliphatic carbocycles. The lowest BCUT2D eigenvalue weighted by atomic mass is 10.0. The van der Waals surface area contributed by atoms with E-state index in [9.17, 15) is 0 Å². The Balaban J connectivity index is 1.47. The number of nitrogens with one attached hydrogen (secondary N) is 1. The van der Waals surface area contributed by atoms with Gasteiger partial charge in [-0.15, -0.1) is 0 Å². The van der Waals surface area contributed by atoms with Crippen molar-refractivity contribution >= 4 is 17.3 Å². The Kier molecular flexibility index (Phi) is 4.73. The Morgan fingerprint density at radius 1 is 1.14 bits per heavy atom. The SMILES string of the molecule is Clc1ccc(NC2CCN(Cc3cccnc3)CC2)cc1. The zero-order chi connectivity index (χ0) is 14.5. The molecule has 0 saturated carbocycles. The molecule has 21 heavy (non-hydrogen) atoms. The van der Waals surface area contributed by atoms with Crippen LogP contribution in [-0.4, -0.2) is 29.0 Å². The molecule has 3 rings (SSSR count). The highest BCUT2D eigenvalue weighted by atomic mass is 35.5. The predicted octanol–water partition coefficient (Wildman–Crippen LogP) is 3.81. The molecule has 3 nitrogen and oxygen atoms in total. The van der Waals surface area contributed by atoms with Crippen LogP contribution in [0.2, 0.25) is 5.02 Å². The zero-order valence-electron chi connectivity index (χ0n) is 12.0. The average molecular weight is 302 g/mol. The minimum atomic E-state index is 0.552. The molecular formula is C17H20ClN3. The third-order valence-corrected chi connectivity index (χ3v) is 4.18. The highest BCUT2D eigenvalue weighted by molar-refractivity contribution is 6.30. The molecule has 110 valence electrons. The number of halogens is 1. The maximum Gasteiger partial charge on any atom is 0.0407 e. The van der Waals surface area contributed by atoms with Crippen LogP contribution in [0.1, 0.15) is 18.4 Å². The molecular weight excluding hydrogens is 282 g/mol. The van der Waals surface area contributed by atoms with Gasteiger partial charge in [-0.2, -0.15) is 0 Å². The van der Waals surface area contributed by atoms with Crippen LogP contribution in [0.4, 0.5) is 5.69 Å². The van der Waals surface area contributed by atoms with E-state index < -0.39 is 0 Å². The van der Waals surface area contributed by atoms with Gasteiger partial charge in [-0.25, -0.2) is 0 Å². The van der Waals surface area contributed by atoms with Gasteiger partial charge in [-0.1, -0.05) is 17.7 Å². The van der Waals surface area contributed by atoms with Gasteiger partial charge in [-0.3, -0.25) is 9.88 Å². The largest absolute Gasteiger partial charge is 0.382 e. The summed E-state index contributed by atoms with van der Waals surface area (Å²) in [4.78, 5) is 6.68. The van der Waals surface area contributed by atoms with Crippen LogP contribution in [-0.2, 0) is 6.54 Å². The fourth-order valence-electron chi connectivity index (χ4n) is 2.77. The van der Waals surface area contributed by atoms with Crippen LogP contribution < -0.4 is 5.32 Å². The van der Waals surface area contributed by atoms with Gasteiger partial charge in [0, 0.05) is 48.8 Å². The molecule has 1 N–H and O–H groups in total. The fraction of sp³-hybridized carbons (Fsp3) is 0.353. The highest BCUT2D eigenvalue weighted by Crippen LogP contribution is 2.19. The molecule has 0 atom stereocenters. The molecule has 1 fully saturated rings. The monoisotopic (exact) mass is 301 g/mol. The lowest BCUT2D eigenvalue weighted by Crippen LogP contribution is -2.38. The quantitative estimate of drug-likeness (QED) is 0.931. The Morgan fingerprint density at radius 3 is 2.57 bits per heavy atom. The Bertz CT molecular complexity index is 548. The van der Waals surface area contributed by atoms with Gasteiger partial charge in [0.05, 0.1) is 0 Å². The summed E-state index contributed by atoms with van der Waals surface area (Å²) < 4.78 is 0. The molecule has 1 aromatic carbocycles. The molecule has 2 heterocycles. The van der Waals surface area contributed by atoms with Crippen molar-refractivity contribution in [2.75, 3.05) is 18.4 Å². The van der Waals surface area contributed by atoms with E-state index in [4.69, 9.17) is 11.6 Å². The number of likely N-dealkylation sites (tertiary alicyclic amines) is 1. The summed E-state index contributed by atoms with van der Waals surface area (Å²) in [5, 5.41) is 4.38. The first-order valence-corrected chi connectivity index (χ1v) is 7.81. The number of anilines is 1. The van der Waals surface area contributed by atoms with E-state index in [1.54, 1.807) is 0 Å². The third-order valence-electron chi connectivity index (χ3n) is 3.93. The smallest absolute Gasteiger partial charge is 0.0407 e. The van der Waals surface area contributed by atoms with Gasteiger partial charge >= 0.3 is 0 Å². The summed E-state index contributed by atoms with van der Waals surface area (Å²) in [5.74, 6) is 0. The van der Waals surface area contributed by atoms with Crippen LogP contribution >= 0.6 is 11.6 Å². The van der Waals surface area contributed by atoms with E-state index in [-0.39, 0.29) is 0 Å². The number of nitrogens with zero attached hydrogens (tertiary/aromatic N) is 2. The average Bonchev–Trinajstić information content (AvgIpc) is 2.53. The Hall–Kier alpha value is -1.58. The van der Waals surface area contributed by atoms with Gasteiger partial charge in [-0.05, 0) is 48.7 Å². The number of rotatable bonds is 4. The predicted molar refractivity (Wildman–Crippen MR) is 87.6 cm³/mol. The molecule has 0 spiro atoms. The molecule has 4 heteroatoms. The van der Waals surface area contributed by atoms with E-state index in [0.717, 1.165) is 30.3 Å². The van der Waals surface area contributed by atoms with E-state index >= 15 is 0 Å². The van der Waals surface area contributed by atoms with Crippen molar-refractivity contribution < 1.29 is 0 Å². The fourth-order valence-corrected chi connectivity index (χ4v) is 2.89. The molecule has 2 aromatic rings. The van der Waals surface area contributed by atoms with Crippen molar-refractivity contribution in [1.82, 2.24) is 9.88 Å². The number of pyridine rings is 1. The Labute approximate surface area is 131 Å². The topological polar surface area (TPSA) is 28.2 Å². The second-order valence-electron chi connectivity index (χ2n) is 5.56. The van der Waals surface area contributed by atoms with E-state index in [1.165, 1.54) is 18.4 Å². The number of hydrogen-bond acceptors (Lipinski definition) is 3. The van der Waals surface area contributed by atoms with Crippen molar-refractivity contribution in [3.63, 3.8) is 0 Å². The molecule has 1 aliphatic rings. The van der Waals surface area contributed by atoms with Crippen molar-refractivity contribution in [2.45, 2.75) is 25.4 Å². The van der Waals surface area contributed by atoms with Crippen molar-refractivity contribution in [2.24, 2.45) is 0 Å². The summed E-state index contributed by atoms with van der Waals surface area (Å²) >= 11 is 5.91. The first kappa shape index (κ1) is 14.4. The van der Waals surface area contributed by atoms with Crippen molar-refractivity contribution in [1.29, 1.82) is 0 Å². The van der Waals surface area contributed by atoms with Crippen LogP contribution in [0, 0.1) is 0 Å². The van der Waals surface area contributed by atoms with Crippen LogP contribution in [0.3, 0.4) is 0 Å². The Morgan fingerprint density at radius 2 is 1.90 bits per heavy atom. The van der Waals surface area contributed by atoms with Crippen molar-refractivity contribution in [3.8, 4) is 0 Å². The van der Waals surface area contributed by atoms with Gasteiger partial charge in [0.25, 0.3) is 0 Å². The van der Waals surface area contributed by atoms with E-state index in [0.29, 0.717) is 6.04 Å². The third kappa shape index (κ3) is 4.19. The standard InChI is InChI=1S/C17H20ClN3/c18-15-3-5-16(6-4-15)20-17-7-10-21(11-8-17)13-14-2-1-9-19-12-14/h1-6,9,12,17,20H,7-8,10-11,13H2. The summed E-state index contributed by atoms with van der Waals surface area (Å²) in [6.45, 7) is 3.25. The minimum absolute atomic E-state index is 0.552. The second kappa shape index (κ2) is 6.92. The highest BCUT2D eigenvalue weighted by Gasteiger charge is 2.19. The molecule has 1 saturated heterocycles. The maximum atomic E-state index is 5.91. The summed E-state index contributed by atoms with van der Waals surface area (Å²) in [6.07, 6.45) is 6.12. The maximum absolute atomic E-state index is 5.91. The normalized spacial score (nSPS) is 16.8. The van der Waals surface area contributed by atoms with Gasteiger partial charge < -0.3 is 5.32 Å². The molecule has 0 radical (unpaired) electrons. The van der Waals surface area contributed by atoms with Crippen LogP contribution in [0.25, 0.3) is 0 Å². The zero-order valence-corrected chi connectivity index (χ0v) is 12.8. The number of benzene rings is 1. The van der Waals surface area contributed by atoms with Crippen LogP contribution in [0.15, 0.2) is 48.8 Å². The summed E-state index contributed by atoms with van der Waals surface area (Å²) in [6, 6.07) is 12.7. The lowest BCUT2D eigenvalue weighted by Gasteiger charge is -2.32. The molecule has 1 aliphatic heterocycles. The first-order chi connectivity index (χ1) is 10.3. The number of aromatic nitrogens is 1. The number of piperidine rings is 1.